The Labute approximate surface area is 168 Å². The SMILES string of the molecule is CCNC(=NCCN(C)C(C)CC)NCCc1ncc(CC)s1.I. The molecule has 0 fully saturated rings. The molecule has 1 unspecified atom stereocenters. The summed E-state index contributed by atoms with van der Waals surface area (Å²) < 4.78 is 0. The summed E-state index contributed by atoms with van der Waals surface area (Å²) in [6, 6.07) is 0.610. The lowest BCUT2D eigenvalue weighted by atomic mass is 10.2. The number of nitrogens with zero attached hydrogens (tertiary/aromatic N) is 3. The molecule has 1 aromatic rings. The lowest BCUT2D eigenvalue weighted by Gasteiger charge is -2.22. The zero-order valence-electron chi connectivity index (χ0n) is 15.8. The molecule has 0 amide bonds. The van der Waals surface area contributed by atoms with Crippen LogP contribution < -0.4 is 10.6 Å². The summed E-state index contributed by atoms with van der Waals surface area (Å²) in [4.78, 5) is 12.8. The second-order valence-electron chi connectivity index (χ2n) is 5.75. The monoisotopic (exact) mass is 467 g/mol. The van der Waals surface area contributed by atoms with Gasteiger partial charge in [0, 0.05) is 43.2 Å². The van der Waals surface area contributed by atoms with Gasteiger partial charge in [0.05, 0.1) is 11.6 Å². The molecule has 0 aliphatic carbocycles. The first-order valence-corrected chi connectivity index (χ1v) is 9.58. The normalized spacial score (nSPS) is 12.8. The summed E-state index contributed by atoms with van der Waals surface area (Å²) in [7, 11) is 2.16. The van der Waals surface area contributed by atoms with Crippen LogP contribution in [0.3, 0.4) is 0 Å². The summed E-state index contributed by atoms with van der Waals surface area (Å²) in [6.45, 7) is 12.3. The van der Waals surface area contributed by atoms with Crippen molar-refractivity contribution in [2.75, 3.05) is 33.2 Å². The van der Waals surface area contributed by atoms with Crippen molar-refractivity contribution >= 4 is 41.3 Å². The average molecular weight is 467 g/mol. The highest BCUT2D eigenvalue weighted by molar-refractivity contribution is 14.0. The van der Waals surface area contributed by atoms with Crippen LogP contribution in [-0.2, 0) is 12.8 Å². The van der Waals surface area contributed by atoms with Gasteiger partial charge in [-0.3, -0.25) is 4.99 Å². The first kappa shape index (κ1) is 23.6. The molecule has 1 atom stereocenters. The third-order valence-corrected chi connectivity index (χ3v) is 5.19. The Morgan fingerprint density at radius 3 is 2.67 bits per heavy atom. The fourth-order valence-corrected chi connectivity index (χ4v) is 2.97. The third kappa shape index (κ3) is 9.17. The number of nitrogens with one attached hydrogen (secondary N) is 2. The van der Waals surface area contributed by atoms with E-state index in [9.17, 15) is 0 Å². The molecule has 1 rings (SSSR count). The quantitative estimate of drug-likeness (QED) is 0.316. The van der Waals surface area contributed by atoms with E-state index in [1.807, 2.05) is 17.5 Å². The number of guanidine groups is 1. The molecule has 0 spiro atoms. The van der Waals surface area contributed by atoms with Crippen molar-refractivity contribution in [3.05, 3.63) is 16.1 Å². The maximum atomic E-state index is 4.66. The van der Waals surface area contributed by atoms with E-state index in [0.29, 0.717) is 6.04 Å². The summed E-state index contributed by atoms with van der Waals surface area (Å²) in [5.74, 6) is 0.900. The minimum atomic E-state index is 0. The molecular weight excluding hydrogens is 433 g/mol. The number of aliphatic imine (C=N–C) groups is 1. The number of thiazole rings is 1. The van der Waals surface area contributed by atoms with Crippen molar-refractivity contribution in [3.63, 3.8) is 0 Å². The number of rotatable bonds is 10. The van der Waals surface area contributed by atoms with Gasteiger partial charge in [0.15, 0.2) is 5.96 Å². The van der Waals surface area contributed by atoms with Crippen LogP contribution in [0, 0.1) is 0 Å². The van der Waals surface area contributed by atoms with Gasteiger partial charge in [0.25, 0.3) is 0 Å². The van der Waals surface area contributed by atoms with Crippen LogP contribution in [0.1, 0.15) is 44.0 Å². The summed E-state index contributed by atoms with van der Waals surface area (Å²) in [6.07, 6.45) is 5.18. The minimum Gasteiger partial charge on any atom is -0.357 e. The Hall–Kier alpha value is -0.410. The van der Waals surface area contributed by atoms with Crippen LogP contribution in [0.2, 0.25) is 0 Å². The first-order valence-electron chi connectivity index (χ1n) is 8.76. The molecule has 0 aliphatic heterocycles. The predicted molar refractivity (Wildman–Crippen MR) is 117 cm³/mol. The maximum absolute atomic E-state index is 4.66. The van der Waals surface area contributed by atoms with Gasteiger partial charge in [-0.15, -0.1) is 35.3 Å². The summed E-state index contributed by atoms with van der Waals surface area (Å²) in [5.41, 5.74) is 0. The maximum Gasteiger partial charge on any atom is 0.191 e. The van der Waals surface area contributed by atoms with Crippen molar-refractivity contribution in [2.24, 2.45) is 4.99 Å². The first-order chi connectivity index (χ1) is 11.1. The molecule has 0 aliphatic rings. The fraction of sp³-hybridized carbons (Fsp3) is 0.765. The Morgan fingerprint density at radius 2 is 2.08 bits per heavy atom. The minimum absolute atomic E-state index is 0. The molecule has 0 bridgehead atoms. The molecule has 140 valence electrons. The zero-order chi connectivity index (χ0) is 17.1. The van der Waals surface area contributed by atoms with Crippen LogP contribution >= 0.6 is 35.3 Å². The second kappa shape index (κ2) is 13.8. The number of aromatic nitrogens is 1. The van der Waals surface area contributed by atoms with Crippen LogP contribution in [0.5, 0.6) is 0 Å². The molecule has 7 heteroatoms. The highest BCUT2D eigenvalue weighted by Crippen LogP contribution is 2.13. The van der Waals surface area contributed by atoms with Crippen LogP contribution in [0.15, 0.2) is 11.2 Å². The fourth-order valence-electron chi connectivity index (χ4n) is 2.11. The van der Waals surface area contributed by atoms with E-state index in [-0.39, 0.29) is 24.0 Å². The van der Waals surface area contributed by atoms with E-state index >= 15 is 0 Å². The summed E-state index contributed by atoms with van der Waals surface area (Å²) >= 11 is 1.81. The smallest absolute Gasteiger partial charge is 0.191 e. The molecule has 1 aromatic heterocycles. The molecule has 2 N–H and O–H groups in total. The number of hydrogen-bond acceptors (Lipinski definition) is 4. The number of likely N-dealkylation sites (N-methyl/N-ethyl adjacent to an activating group) is 1. The van der Waals surface area contributed by atoms with Crippen molar-refractivity contribution in [2.45, 2.75) is 53.0 Å². The molecule has 0 radical (unpaired) electrons. The van der Waals surface area contributed by atoms with E-state index in [2.05, 4.69) is 60.3 Å². The highest BCUT2D eigenvalue weighted by Gasteiger charge is 2.06. The number of halogens is 1. The van der Waals surface area contributed by atoms with Crippen molar-refractivity contribution in [1.82, 2.24) is 20.5 Å². The average Bonchev–Trinajstić information content (AvgIpc) is 3.01. The largest absolute Gasteiger partial charge is 0.357 e. The Kier molecular flexibility index (Phi) is 13.6. The lowest BCUT2D eigenvalue weighted by molar-refractivity contribution is 0.259. The molecule has 0 aromatic carbocycles. The van der Waals surface area contributed by atoms with E-state index in [1.165, 1.54) is 16.3 Å². The van der Waals surface area contributed by atoms with Gasteiger partial charge < -0.3 is 15.5 Å². The van der Waals surface area contributed by atoms with Gasteiger partial charge in [-0.1, -0.05) is 13.8 Å². The molecule has 1 heterocycles. The van der Waals surface area contributed by atoms with E-state index in [0.717, 1.165) is 45.0 Å². The Balaban J connectivity index is 0.00000529. The van der Waals surface area contributed by atoms with Gasteiger partial charge in [-0.25, -0.2) is 4.98 Å². The summed E-state index contributed by atoms with van der Waals surface area (Å²) in [5, 5.41) is 7.90. The van der Waals surface area contributed by atoms with Gasteiger partial charge >= 0.3 is 0 Å². The van der Waals surface area contributed by atoms with Crippen molar-refractivity contribution in [3.8, 4) is 0 Å². The van der Waals surface area contributed by atoms with Gasteiger partial charge in [0.1, 0.15) is 0 Å². The van der Waals surface area contributed by atoms with Crippen molar-refractivity contribution < 1.29 is 0 Å². The van der Waals surface area contributed by atoms with Crippen LogP contribution in [0.25, 0.3) is 0 Å². The molecule has 0 saturated carbocycles. The van der Waals surface area contributed by atoms with Crippen LogP contribution in [-0.4, -0.2) is 55.1 Å². The highest BCUT2D eigenvalue weighted by atomic mass is 127. The third-order valence-electron chi connectivity index (χ3n) is 3.99. The number of hydrogen-bond donors (Lipinski definition) is 2. The molecule has 5 nitrogen and oxygen atoms in total. The van der Waals surface area contributed by atoms with E-state index < -0.39 is 0 Å². The van der Waals surface area contributed by atoms with Gasteiger partial charge in [0.2, 0.25) is 0 Å². The van der Waals surface area contributed by atoms with Crippen molar-refractivity contribution in [1.29, 1.82) is 0 Å². The Bertz CT molecular complexity index is 464. The standard InChI is InChI=1S/C17H33N5S.HI/c1-6-14(4)22(5)12-11-20-17(18-8-3)19-10-9-16-21-13-15(7-2)23-16;/h13-14H,6-12H2,1-5H3,(H2,18,19,20);1H. The molecular formula is C17H34IN5S. The predicted octanol–water partition coefficient (Wildman–Crippen LogP) is 3.15. The van der Waals surface area contributed by atoms with E-state index in [1.54, 1.807) is 0 Å². The Morgan fingerprint density at radius 1 is 1.33 bits per heavy atom. The lowest BCUT2D eigenvalue weighted by Crippen LogP contribution is -2.39. The number of aryl methyl sites for hydroxylation is 1. The van der Waals surface area contributed by atoms with Gasteiger partial charge in [-0.05, 0) is 33.7 Å². The van der Waals surface area contributed by atoms with Gasteiger partial charge in [-0.2, -0.15) is 0 Å². The zero-order valence-corrected chi connectivity index (χ0v) is 18.9. The van der Waals surface area contributed by atoms with E-state index in [4.69, 9.17) is 0 Å². The second-order valence-corrected chi connectivity index (χ2v) is 6.95. The molecule has 24 heavy (non-hydrogen) atoms. The van der Waals surface area contributed by atoms with Crippen LogP contribution in [0.4, 0.5) is 0 Å². The topological polar surface area (TPSA) is 52.6 Å². The molecule has 0 saturated heterocycles.